The number of amides is 1. The van der Waals surface area contributed by atoms with Crippen LogP contribution in [0.15, 0.2) is 53.4 Å². The highest BCUT2D eigenvalue weighted by atomic mass is 32.2. The van der Waals surface area contributed by atoms with Crippen molar-refractivity contribution in [2.45, 2.75) is 31.2 Å². The van der Waals surface area contributed by atoms with Crippen molar-refractivity contribution in [2.75, 3.05) is 0 Å². The Morgan fingerprint density at radius 1 is 1.17 bits per heavy atom. The number of rotatable bonds is 5. The summed E-state index contributed by atoms with van der Waals surface area (Å²) in [6, 6.07) is 13.7. The maximum Gasteiger partial charge on any atom is 0.238 e. The van der Waals surface area contributed by atoms with E-state index in [1.165, 1.54) is 12.1 Å². The van der Waals surface area contributed by atoms with E-state index in [1.807, 2.05) is 31.2 Å². The number of nitrogens with one attached hydrogen (secondary N) is 1. The van der Waals surface area contributed by atoms with E-state index in [2.05, 4.69) is 5.32 Å². The lowest BCUT2D eigenvalue weighted by Gasteiger charge is -2.15. The van der Waals surface area contributed by atoms with Crippen LogP contribution in [0.3, 0.4) is 0 Å². The fraction of sp³-hybridized carbons (Fsp3) is 0.235. The van der Waals surface area contributed by atoms with Gasteiger partial charge in [-0.3, -0.25) is 4.79 Å². The van der Waals surface area contributed by atoms with Crippen LogP contribution in [0.5, 0.6) is 0 Å². The summed E-state index contributed by atoms with van der Waals surface area (Å²) < 4.78 is 22.8. The summed E-state index contributed by atoms with van der Waals surface area (Å²) in [5.74, 6) is -0.123. The number of hydrogen-bond acceptors (Lipinski definition) is 3. The first-order chi connectivity index (χ1) is 10.8. The zero-order chi connectivity index (χ0) is 17.0. The third-order valence-electron chi connectivity index (χ3n) is 3.55. The van der Waals surface area contributed by atoms with Crippen LogP contribution in [0, 0.1) is 6.92 Å². The van der Waals surface area contributed by atoms with E-state index >= 15 is 0 Å². The fourth-order valence-corrected chi connectivity index (χ4v) is 2.80. The molecule has 23 heavy (non-hydrogen) atoms. The minimum Gasteiger partial charge on any atom is -0.349 e. The molecule has 3 N–H and O–H groups in total. The second-order valence-electron chi connectivity index (χ2n) is 5.57. The van der Waals surface area contributed by atoms with E-state index < -0.39 is 10.0 Å². The third kappa shape index (κ3) is 4.91. The van der Waals surface area contributed by atoms with Crippen molar-refractivity contribution < 1.29 is 13.2 Å². The molecule has 0 aliphatic rings. The highest BCUT2D eigenvalue weighted by Crippen LogP contribution is 2.17. The van der Waals surface area contributed by atoms with Crippen molar-refractivity contribution >= 4 is 15.9 Å². The van der Waals surface area contributed by atoms with E-state index in [4.69, 9.17) is 5.14 Å². The summed E-state index contributed by atoms with van der Waals surface area (Å²) in [5, 5.41) is 7.99. The average molecular weight is 332 g/mol. The molecule has 2 rings (SSSR count). The summed E-state index contributed by atoms with van der Waals surface area (Å²) >= 11 is 0. The highest BCUT2D eigenvalue weighted by Gasteiger charge is 2.13. The molecule has 1 atom stereocenters. The quantitative estimate of drug-likeness (QED) is 0.878. The molecule has 2 aromatic rings. The summed E-state index contributed by atoms with van der Waals surface area (Å²) in [4.78, 5) is 12.1. The fourth-order valence-electron chi connectivity index (χ4n) is 2.23. The van der Waals surface area contributed by atoms with Crippen molar-refractivity contribution in [2.24, 2.45) is 5.14 Å². The van der Waals surface area contributed by atoms with Gasteiger partial charge in [-0.25, -0.2) is 13.6 Å². The van der Waals surface area contributed by atoms with Gasteiger partial charge in [-0.05, 0) is 37.1 Å². The van der Waals surface area contributed by atoms with Crippen LogP contribution in [0.25, 0.3) is 0 Å². The van der Waals surface area contributed by atoms with Gasteiger partial charge in [-0.2, -0.15) is 0 Å². The molecule has 0 radical (unpaired) electrons. The van der Waals surface area contributed by atoms with Crippen LogP contribution in [-0.2, 0) is 21.2 Å². The van der Waals surface area contributed by atoms with Gasteiger partial charge < -0.3 is 5.32 Å². The molecule has 0 bridgehead atoms. The van der Waals surface area contributed by atoms with Crippen LogP contribution in [0.4, 0.5) is 0 Å². The number of carbonyl (C=O) groups excluding carboxylic acids is 1. The van der Waals surface area contributed by atoms with Crippen molar-refractivity contribution in [3.05, 3.63) is 65.2 Å². The Labute approximate surface area is 136 Å². The smallest absolute Gasteiger partial charge is 0.238 e. The molecule has 0 aliphatic carbocycles. The molecule has 0 aromatic heterocycles. The first-order valence-corrected chi connectivity index (χ1v) is 8.78. The maximum absolute atomic E-state index is 12.1. The second kappa shape index (κ2) is 6.93. The molecule has 0 aliphatic heterocycles. The van der Waals surface area contributed by atoms with Gasteiger partial charge in [0.25, 0.3) is 0 Å². The SMILES string of the molecule is Cc1ccc(CC(=O)NC(C)c2cccc(S(N)(=O)=O)c2)cc1. The van der Waals surface area contributed by atoms with E-state index in [0.29, 0.717) is 5.56 Å². The number of nitrogens with two attached hydrogens (primary N) is 1. The lowest BCUT2D eigenvalue weighted by Crippen LogP contribution is -2.28. The molecule has 1 amide bonds. The molecular weight excluding hydrogens is 312 g/mol. The lowest BCUT2D eigenvalue weighted by molar-refractivity contribution is -0.121. The Balaban J connectivity index is 2.05. The molecule has 122 valence electrons. The molecule has 5 nitrogen and oxygen atoms in total. The number of hydrogen-bond donors (Lipinski definition) is 2. The first kappa shape index (κ1) is 17.2. The number of aryl methyl sites for hydroxylation is 1. The van der Waals surface area contributed by atoms with Crippen LogP contribution in [0.2, 0.25) is 0 Å². The first-order valence-electron chi connectivity index (χ1n) is 7.23. The Bertz CT molecular complexity index is 799. The van der Waals surface area contributed by atoms with Crippen LogP contribution in [0.1, 0.15) is 29.7 Å². The van der Waals surface area contributed by atoms with Gasteiger partial charge in [0.2, 0.25) is 15.9 Å². The molecule has 6 heteroatoms. The normalized spacial score (nSPS) is 12.7. The zero-order valence-electron chi connectivity index (χ0n) is 13.1. The van der Waals surface area contributed by atoms with Gasteiger partial charge in [0, 0.05) is 0 Å². The van der Waals surface area contributed by atoms with Crippen molar-refractivity contribution in [3.8, 4) is 0 Å². The second-order valence-corrected chi connectivity index (χ2v) is 7.13. The molecule has 0 spiro atoms. The number of sulfonamides is 1. The van der Waals surface area contributed by atoms with Crippen LogP contribution < -0.4 is 10.5 Å². The Hall–Kier alpha value is -2.18. The predicted molar refractivity (Wildman–Crippen MR) is 89.3 cm³/mol. The minimum atomic E-state index is -3.75. The molecule has 2 aromatic carbocycles. The molecule has 0 saturated carbocycles. The Morgan fingerprint density at radius 2 is 1.83 bits per heavy atom. The van der Waals surface area contributed by atoms with E-state index in [9.17, 15) is 13.2 Å². The standard InChI is InChI=1S/C17H20N2O3S/c1-12-6-8-14(9-7-12)10-17(20)19-13(2)15-4-3-5-16(11-15)23(18,21)22/h3-9,11,13H,10H2,1-2H3,(H,19,20)(H2,18,21,22). The van der Waals surface area contributed by atoms with E-state index in [1.54, 1.807) is 19.1 Å². The van der Waals surface area contributed by atoms with Gasteiger partial charge in [0.05, 0.1) is 17.4 Å². The van der Waals surface area contributed by atoms with Crippen molar-refractivity contribution in [1.29, 1.82) is 0 Å². The topological polar surface area (TPSA) is 89.3 Å². The van der Waals surface area contributed by atoms with E-state index in [0.717, 1.165) is 11.1 Å². The van der Waals surface area contributed by atoms with Crippen molar-refractivity contribution in [1.82, 2.24) is 5.32 Å². The molecule has 1 unspecified atom stereocenters. The Kier molecular flexibility index (Phi) is 5.18. The van der Waals surface area contributed by atoms with Crippen molar-refractivity contribution in [3.63, 3.8) is 0 Å². The van der Waals surface area contributed by atoms with Crippen LogP contribution in [-0.4, -0.2) is 14.3 Å². The average Bonchev–Trinajstić information content (AvgIpc) is 2.49. The molecule has 0 fully saturated rings. The summed E-state index contributed by atoms with van der Waals surface area (Å²) in [6.07, 6.45) is 0.277. The van der Waals surface area contributed by atoms with E-state index in [-0.39, 0.29) is 23.3 Å². The zero-order valence-corrected chi connectivity index (χ0v) is 13.9. The van der Waals surface area contributed by atoms with Gasteiger partial charge in [0.15, 0.2) is 0 Å². The number of benzene rings is 2. The molecule has 0 saturated heterocycles. The third-order valence-corrected chi connectivity index (χ3v) is 4.46. The summed E-state index contributed by atoms with van der Waals surface area (Å²) in [7, 11) is -3.75. The summed E-state index contributed by atoms with van der Waals surface area (Å²) in [6.45, 7) is 3.79. The number of primary sulfonamides is 1. The highest BCUT2D eigenvalue weighted by molar-refractivity contribution is 7.89. The molecule has 0 heterocycles. The van der Waals surface area contributed by atoms with Gasteiger partial charge in [-0.1, -0.05) is 42.0 Å². The molecular formula is C17H20N2O3S. The number of carbonyl (C=O) groups is 1. The maximum atomic E-state index is 12.1. The predicted octanol–water partition coefficient (Wildman–Crippen LogP) is 2.06. The van der Waals surface area contributed by atoms with Gasteiger partial charge in [-0.15, -0.1) is 0 Å². The monoisotopic (exact) mass is 332 g/mol. The van der Waals surface area contributed by atoms with Gasteiger partial charge >= 0.3 is 0 Å². The van der Waals surface area contributed by atoms with Gasteiger partial charge in [0.1, 0.15) is 0 Å². The van der Waals surface area contributed by atoms with Crippen LogP contribution >= 0.6 is 0 Å². The largest absolute Gasteiger partial charge is 0.349 e. The Morgan fingerprint density at radius 3 is 2.43 bits per heavy atom. The minimum absolute atomic E-state index is 0.0367. The summed E-state index contributed by atoms with van der Waals surface area (Å²) in [5.41, 5.74) is 2.76. The lowest BCUT2D eigenvalue weighted by atomic mass is 10.1.